The van der Waals surface area contributed by atoms with Crippen molar-refractivity contribution in [1.82, 2.24) is 9.78 Å². The van der Waals surface area contributed by atoms with Crippen LogP contribution in [0.2, 0.25) is 0 Å². The molecular formula is C13H21BrN2O. The molecular weight excluding hydrogens is 280 g/mol. The van der Waals surface area contributed by atoms with Crippen LogP contribution in [0.4, 0.5) is 0 Å². The zero-order valence-electron chi connectivity index (χ0n) is 10.5. The molecule has 0 aromatic carbocycles. The first-order valence-corrected chi connectivity index (χ1v) is 7.61. The Balaban J connectivity index is 1.87. The molecule has 17 heavy (non-hydrogen) atoms. The molecule has 1 aromatic heterocycles. The van der Waals surface area contributed by atoms with Gasteiger partial charge in [0.2, 0.25) is 0 Å². The van der Waals surface area contributed by atoms with Crippen molar-refractivity contribution in [3.63, 3.8) is 0 Å². The minimum Gasteiger partial charge on any atom is -0.490 e. The lowest BCUT2D eigenvalue weighted by molar-refractivity contribution is 0.174. The molecule has 0 radical (unpaired) electrons. The number of alkyl halides is 1. The third-order valence-corrected chi connectivity index (χ3v) is 4.74. The summed E-state index contributed by atoms with van der Waals surface area (Å²) in [6.07, 6.45) is 10.2. The van der Waals surface area contributed by atoms with Crippen LogP contribution in [0.25, 0.3) is 0 Å². The van der Waals surface area contributed by atoms with Crippen LogP contribution in [0.1, 0.15) is 39.0 Å². The van der Waals surface area contributed by atoms with Crippen LogP contribution in [-0.4, -0.2) is 21.7 Å². The standard InChI is InChI=1S/C13H21BrN2O/c1-2-7-16-9-12(8-15-16)17-11-13(10-14)5-3-4-6-13/h8-9H,2-7,10-11H2,1H3. The van der Waals surface area contributed by atoms with Crippen LogP contribution >= 0.6 is 15.9 Å². The summed E-state index contributed by atoms with van der Waals surface area (Å²) in [7, 11) is 0. The molecule has 0 bridgehead atoms. The molecule has 1 fully saturated rings. The van der Waals surface area contributed by atoms with Crippen molar-refractivity contribution >= 4 is 15.9 Å². The van der Waals surface area contributed by atoms with Gasteiger partial charge in [0.25, 0.3) is 0 Å². The highest BCUT2D eigenvalue weighted by Crippen LogP contribution is 2.39. The molecule has 1 heterocycles. The SMILES string of the molecule is CCCn1cc(OCC2(CBr)CCCC2)cn1. The van der Waals surface area contributed by atoms with Gasteiger partial charge >= 0.3 is 0 Å². The van der Waals surface area contributed by atoms with E-state index in [2.05, 4.69) is 28.0 Å². The third-order valence-electron chi connectivity index (χ3n) is 3.55. The van der Waals surface area contributed by atoms with E-state index in [0.717, 1.165) is 30.7 Å². The zero-order chi connectivity index (χ0) is 12.1. The maximum Gasteiger partial charge on any atom is 0.157 e. The Morgan fingerprint density at radius 1 is 1.47 bits per heavy atom. The molecule has 0 N–H and O–H groups in total. The molecule has 1 aliphatic carbocycles. The Morgan fingerprint density at radius 3 is 2.88 bits per heavy atom. The fourth-order valence-electron chi connectivity index (χ4n) is 2.45. The lowest BCUT2D eigenvalue weighted by atomic mass is 9.90. The van der Waals surface area contributed by atoms with E-state index in [4.69, 9.17) is 4.74 Å². The van der Waals surface area contributed by atoms with E-state index < -0.39 is 0 Å². The van der Waals surface area contributed by atoms with E-state index in [9.17, 15) is 0 Å². The van der Waals surface area contributed by atoms with Crippen molar-refractivity contribution in [1.29, 1.82) is 0 Å². The van der Waals surface area contributed by atoms with Gasteiger partial charge in [0, 0.05) is 17.3 Å². The van der Waals surface area contributed by atoms with E-state index >= 15 is 0 Å². The van der Waals surface area contributed by atoms with Gasteiger partial charge in [-0.15, -0.1) is 0 Å². The van der Waals surface area contributed by atoms with Crippen molar-refractivity contribution in [3.05, 3.63) is 12.4 Å². The fraction of sp³-hybridized carbons (Fsp3) is 0.769. The van der Waals surface area contributed by atoms with Crippen LogP contribution in [-0.2, 0) is 6.54 Å². The highest BCUT2D eigenvalue weighted by atomic mass is 79.9. The van der Waals surface area contributed by atoms with Crippen molar-refractivity contribution in [3.8, 4) is 5.75 Å². The quantitative estimate of drug-likeness (QED) is 0.750. The van der Waals surface area contributed by atoms with Gasteiger partial charge in [-0.3, -0.25) is 4.68 Å². The summed E-state index contributed by atoms with van der Waals surface area (Å²) in [5, 5.41) is 5.32. The third kappa shape index (κ3) is 3.24. The van der Waals surface area contributed by atoms with Crippen molar-refractivity contribution in [2.45, 2.75) is 45.6 Å². The molecule has 4 heteroatoms. The summed E-state index contributed by atoms with van der Waals surface area (Å²) in [6.45, 7) is 3.93. The van der Waals surface area contributed by atoms with Gasteiger partial charge in [-0.2, -0.15) is 5.10 Å². The predicted molar refractivity (Wildman–Crippen MR) is 72.7 cm³/mol. The molecule has 0 atom stereocenters. The predicted octanol–water partition coefficient (Wildman–Crippen LogP) is 3.63. The summed E-state index contributed by atoms with van der Waals surface area (Å²) in [4.78, 5) is 0. The maximum absolute atomic E-state index is 5.90. The van der Waals surface area contributed by atoms with E-state index in [0.29, 0.717) is 5.41 Å². The van der Waals surface area contributed by atoms with Crippen LogP contribution in [0.3, 0.4) is 0 Å². The van der Waals surface area contributed by atoms with E-state index in [1.165, 1.54) is 25.7 Å². The molecule has 1 aromatic rings. The van der Waals surface area contributed by atoms with Crippen molar-refractivity contribution < 1.29 is 4.74 Å². The fourth-order valence-corrected chi connectivity index (χ4v) is 3.17. The van der Waals surface area contributed by atoms with Gasteiger partial charge in [-0.1, -0.05) is 35.7 Å². The number of aryl methyl sites for hydroxylation is 1. The number of hydrogen-bond acceptors (Lipinski definition) is 2. The molecule has 2 rings (SSSR count). The first-order valence-electron chi connectivity index (χ1n) is 6.49. The number of aromatic nitrogens is 2. The second kappa shape index (κ2) is 5.89. The zero-order valence-corrected chi connectivity index (χ0v) is 12.1. The van der Waals surface area contributed by atoms with Gasteiger partial charge in [0.05, 0.1) is 19.0 Å². The van der Waals surface area contributed by atoms with Gasteiger partial charge < -0.3 is 4.74 Å². The molecule has 1 aliphatic rings. The summed E-state index contributed by atoms with van der Waals surface area (Å²) in [5.74, 6) is 0.908. The number of rotatable bonds is 6. The lowest BCUT2D eigenvalue weighted by Gasteiger charge is -2.25. The molecule has 3 nitrogen and oxygen atoms in total. The second-order valence-corrected chi connectivity index (χ2v) is 5.63. The lowest BCUT2D eigenvalue weighted by Crippen LogP contribution is -2.26. The van der Waals surface area contributed by atoms with Crippen LogP contribution in [0, 0.1) is 5.41 Å². The van der Waals surface area contributed by atoms with Crippen molar-refractivity contribution in [2.75, 3.05) is 11.9 Å². The topological polar surface area (TPSA) is 27.1 Å². The van der Waals surface area contributed by atoms with Crippen LogP contribution < -0.4 is 4.74 Å². The first kappa shape index (κ1) is 12.9. The Morgan fingerprint density at radius 2 is 2.24 bits per heavy atom. The van der Waals surface area contributed by atoms with Crippen LogP contribution in [0.5, 0.6) is 5.75 Å². The van der Waals surface area contributed by atoms with E-state index in [1.807, 2.05) is 17.1 Å². The summed E-state index contributed by atoms with van der Waals surface area (Å²) >= 11 is 3.64. The number of ether oxygens (including phenoxy) is 1. The van der Waals surface area contributed by atoms with Crippen molar-refractivity contribution in [2.24, 2.45) is 5.41 Å². The van der Waals surface area contributed by atoms with Gasteiger partial charge in [0.1, 0.15) is 0 Å². The second-order valence-electron chi connectivity index (χ2n) is 5.07. The highest BCUT2D eigenvalue weighted by Gasteiger charge is 2.33. The maximum atomic E-state index is 5.90. The van der Waals surface area contributed by atoms with Gasteiger partial charge in [-0.05, 0) is 19.3 Å². The van der Waals surface area contributed by atoms with E-state index in [-0.39, 0.29) is 0 Å². The highest BCUT2D eigenvalue weighted by molar-refractivity contribution is 9.09. The minimum absolute atomic E-state index is 0.354. The molecule has 0 amide bonds. The van der Waals surface area contributed by atoms with Gasteiger partial charge in [0.15, 0.2) is 5.75 Å². The number of nitrogens with zero attached hydrogens (tertiary/aromatic N) is 2. The Hall–Kier alpha value is -0.510. The largest absolute Gasteiger partial charge is 0.490 e. The monoisotopic (exact) mass is 300 g/mol. The molecule has 0 spiro atoms. The summed E-state index contributed by atoms with van der Waals surface area (Å²) in [6, 6.07) is 0. The smallest absolute Gasteiger partial charge is 0.157 e. The number of halogens is 1. The average molecular weight is 301 g/mol. The van der Waals surface area contributed by atoms with E-state index in [1.54, 1.807) is 0 Å². The summed E-state index contributed by atoms with van der Waals surface area (Å²) < 4.78 is 7.85. The Kier molecular flexibility index (Phi) is 4.48. The first-order chi connectivity index (χ1) is 8.28. The van der Waals surface area contributed by atoms with Crippen LogP contribution in [0.15, 0.2) is 12.4 Å². The normalized spacial score (nSPS) is 18.5. The summed E-state index contributed by atoms with van der Waals surface area (Å²) in [5.41, 5.74) is 0.354. The number of hydrogen-bond donors (Lipinski definition) is 0. The Labute approximate surface area is 112 Å². The molecule has 96 valence electrons. The molecule has 0 saturated heterocycles. The molecule has 1 saturated carbocycles. The van der Waals surface area contributed by atoms with Gasteiger partial charge in [-0.25, -0.2) is 0 Å². The molecule has 0 aliphatic heterocycles. The minimum atomic E-state index is 0.354. The average Bonchev–Trinajstić information content (AvgIpc) is 2.96. The Bertz CT molecular complexity index is 345. The molecule has 0 unspecified atom stereocenters.